The highest BCUT2D eigenvalue weighted by atomic mass is 16.3. The van der Waals surface area contributed by atoms with Gasteiger partial charge in [0.05, 0.1) is 6.54 Å². The maximum absolute atomic E-state index is 5.86. The first-order valence-electron chi connectivity index (χ1n) is 6.75. The topological polar surface area (TPSA) is 68.8 Å². The Labute approximate surface area is 120 Å². The first-order chi connectivity index (χ1) is 10.4. The number of fused-ring (bicyclic) bond motifs is 3. The van der Waals surface area contributed by atoms with Gasteiger partial charge in [0, 0.05) is 24.3 Å². The minimum Gasteiger partial charge on any atom is -0.450 e. The average molecular weight is 279 g/mol. The van der Waals surface area contributed by atoms with Gasteiger partial charge in [-0.15, -0.1) is 0 Å². The van der Waals surface area contributed by atoms with Gasteiger partial charge in [0.1, 0.15) is 17.4 Å². The number of para-hydroxylation sites is 1. The summed E-state index contributed by atoms with van der Waals surface area (Å²) in [4.78, 5) is 8.60. The smallest absolute Gasteiger partial charge is 0.196 e. The van der Waals surface area contributed by atoms with Gasteiger partial charge in [-0.25, -0.2) is 9.97 Å². The van der Waals surface area contributed by atoms with Crippen molar-refractivity contribution in [3.63, 3.8) is 0 Å². The second kappa shape index (κ2) is 4.90. The fourth-order valence-electron chi connectivity index (χ4n) is 2.37. The van der Waals surface area contributed by atoms with E-state index in [2.05, 4.69) is 20.4 Å². The predicted molar refractivity (Wildman–Crippen MR) is 80.0 cm³/mol. The molecule has 0 unspecified atom stereocenters. The lowest BCUT2D eigenvalue weighted by Gasteiger charge is -2.05. The Morgan fingerprint density at radius 2 is 2.10 bits per heavy atom. The quantitative estimate of drug-likeness (QED) is 0.622. The molecule has 0 spiro atoms. The standard InChI is InChI=1S/C15H13N5O/c1-2-5-12-11(4-1)13-14(21-12)15(18-10-17-13)16-7-9-20-8-3-6-19-20/h1-6,8,10H,7,9H2,(H,16,17,18). The maximum atomic E-state index is 5.86. The number of hydrogen-bond donors (Lipinski definition) is 1. The van der Waals surface area contributed by atoms with E-state index in [1.165, 1.54) is 0 Å². The molecule has 0 atom stereocenters. The summed E-state index contributed by atoms with van der Waals surface area (Å²) in [6, 6.07) is 9.77. The molecule has 21 heavy (non-hydrogen) atoms. The number of aromatic nitrogens is 4. The minimum atomic E-state index is 0.694. The molecule has 1 N–H and O–H groups in total. The zero-order chi connectivity index (χ0) is 14.1. The molecule has 0 radical (unpaired) electrons. The van der Waals surface area contributed by atoms with Crippen LogP contribution in [-0.2, 0) is 6.54 Å². The highest BCUT2D eigenvalue weighted by molar-refractivity contribution is 6.05. The molecule has 0 fully saturated rings. The molecule has 4 aromatic rings. The van der Waals surface area contributed by atoms with Crippen LogP contribution in [0, 0.1) is 0 Å². The van der Waals surface area contributed by atoms with Crippen molar-refractivity contribution >= 4 is 27.9 Å². The van der Waals surface area contributed by atoms with Gasteiger partial charge >= 0.3 is 0 Å². The molecule has 0 amide bonds. The summed E-state index contributed by atoms with van der Waals surface area (Å²) >= 11 is 0. The highest BCUT2D eigenvalue weighted by Crippen LogP contribution is 2.30. The average Bonchev–Trinajstić information content (AvgIpc) is 3.15. The number of nitrogens with zero attached hydrogens (tertiary/aromatic N) is 4. The summed E-state index contributed by atoms with van der Waals surface area (Å²) in [6.07, 6.45) is 5.25. The van der Waals surface area contributed by atoms with E-state index in [9.17, 15) is 0 Å². The Hall–Kier alpha value is -2.89. The van der Waals surface area contributed by atoms with Crippen molar-refractivity contribution in [2.24, 2.45) is 0 Å². The van der Waals surface area contributed by atoms with Gasteiger partial charge in [0.25, 0.3) is 0 Å². The Kier molecular flexibility index (Phi) is 2.77. The molecule has 3 heterocycles. The van der Waals surface area contributed by atoms with Crippen LogP contribution in [0.15, 0.2) is 53.5 Å². The summed E-state index contributed by atoms with van der Waals surface area (Å²) < 4.78 is 7.73. The third-order valence-corrected chi connectivity index (χ3v) is 3.35. The van der Waals surface area contributed by atoms with Gasteiger partial charge in [-0.05, 0) is 18.2 Å². The van der Waals surface area contributed by atoms with E-state index in [0.717, 1.165) is 23.0 Å². The van der Waals surface area contributed by atoms with Gasteiger partial charge in [0.2, 0.25) is 0 Å². The Morgan fingerprint density at radius 1 is 1.14 bits per heavy atom. The van der Waals surface area contributed by atoms with Gasteiger partial charge in [-0.3, -0.25) is 4.68 Å². The van der Waals surface area contributed by atoms with Crippen LogP contribution in [0.4, 0.5) is 5.82 Å². The first-order valence-corrected chi connectivity index (χ1v) is 6.75. The summed E-state index contributed by atoms with van der Waals surface area (Å²) in [5.41, 5.74) is 2.35. The molecule has 4 rings (SSSR count). The van der Waals surface area contributed by atoms with Gasteiger partial charge in [0.15, 0.2) is 11.4 Å². The van der Waals surface area contributed by atoms with E-state index in [-0.39, 0.29) is 0 Å². The molecule has 0 aliphatic rings. The van der Waals surface area contributed by atoms with Crippen molar-refractivity contribution in [3.05, 3.63) is 49.1 Å². The molecule has 0 aliphatic heterocycles. The molecule has 0 aliphatic carbocycles. The second-order valence-corrected chi connectivity index (χ2v) is 4.69. The maximum Gasteiger partial charge on any atom is 0.196 e. The van der Waals surface area contributed by atoms with Crippen LogP contribution >= 0.6 is 0 Å². The molecule has 0 saturated carbocycles. The van der Waals surface area contributed by atoms with E-state index >= 15 is 0 Å². The largest absolute Gasteiger partial charge is 0.450 e. The molecular formula is C15H13N5O. The van der Waals surface area contributed by atoms with Gasteiger partial charge < -0.3 is 9.73 Å². The molecular weight excluding hydrogens is 266 g/mol. The zero-order valence-electron chi connectivity index (χ0n) is 11.2. The third-order valence-electron chi connectivity index (χ3n) is 3.35. The van der Waals surface area contributed by atoms with Crippen molar-refractivity contribution in [1.29, 1.82) is 0 Å². The van der Waals surface area contributed by atoms with Crippen LogP contribution in [0.5, 0.6) is 0 Å². The molecule has 3 aromatic heterocycles. The fourth-order valence-corrected chi connectivity index (χ4v) is 2.37. The summed E-state index contributed by atoms with van der Waals surface area (Å²) in [5.74, 6) is 0.711. The number of hydrogen-bond acceptors (Lipinski definition) is 5. The van der Waals surface area contributed by atoms with Crippen LogP contribution < -0.4 is 5.32 Å². The first kappa shape index (κ1) is 11.9. The summed E-state index contributed by atoms with van der Waals surface area (Å²) in [7, 11) is 0. The summed E-state index contributed by atoms with van der Waals surface area (Å²) in [5, 5.41) is 8.45. The Bertz CT molecular complexity index is 882. The Balaban J connectivity index is 1.65. The molecule has 6 nitrogen and oxygen atoms in total. The second-order valence-electron chi connectivity index (χ2n) is 4.69. The molecule has 0 bridgehead atoms. The van der Waals surface area contributed by atoms with Crippen LogP contribution in [-0.4, -0.2) is 26.3 Å². The van der Waals surface area contributed by atoms with E-state index in [1.807, 2.05) is 41.2 Å². The SMILES string of the molecule is c1ccc2c(c1)oc1c(NCCn3cccn3)ncnc12. The van der Waals surface area contributed by atoms with Crippen LogP contribution in [0.1, 0.15) is 0 Å². The van der Waals surface area contributed by atoms with Crippen molar-refractivity contribution in [2.75, 3.05) is 11.9 Å². The highest BCUT2D eigenvalue weighted by Gasteiger charge is 2.12. The normalized spacial score (nSPS) is 11.2. The lowest BCUT2D eigenvalue weighted by atomic mass is 10.2. The van der Waals surface area contributed by atoms with Crippen molar-refractivity contribution in [2.45, 2.75) is 6.54 Å². The van der Waals surface area contributed by atoms with Crippen molar-refractivity contribution < 1.29 is 4.42 Å². The monoisotopic (exact) mass is 279 g/mol. The van der Waals surface area contributed by atoms with Crippen LogP contribution in [0.25, 0.3) is 22.1 Å². The molecule has 0 saturated heterocycles. The number of benzene rings is 1. The fraction of sp³-hybridized carbons (Fsp3) is 0.133. The number of rotatable bonds is 4. The minimum absolute atomic E-state index is 0.694. The van der Waals surface area contributed by atoms with E-state index < -0.39 is 0 Å². The molecule has 6 heteroatoms. The van der Waals surface area contributed by atoms with Gasteiger partial charge in [-0.1, -0.05) is 12.1 Å². The van der Waals surface area contributed by atoms with Crippen LogP contribution in [0.2, 0.25) is 0 Å². The summed E-state index contributed by atoms with van der Waals surface area (Å²) in [6.45, 7) is 1.48. The lowest BCUT2D eigenvalue weighted by Crippen LogP contribution is -2.11. The van der Waals surface area contributed by atoms with Crippen LogP contribution in [0.3, 0.4) is 0 Å². The van der Waals surface area contributed by atoms with Gasteiger partial charge in [-0.2, -0.15) is 5.10 Å². The third kappa shape index (κ3) is 2.10. The molecule has 104 valence electrons. The van der Waals surface area contributed by atoms with Crippen molar-refractivity contribution in [1.82, 2.24) is 19.7 Å². The van der Waals surface area contributed by atoms with Crippen molar-refractivity contribution in [3.8, 4) is 0 Å². The number of furan rings is 1. The van der Waals surface area contributed by atoms with E-state index in [0.29, 0.717) is 17.9 Å². The molecule has 1 aromatic carbocycles. The lowest BCUT2D eigenvalue weighted by molar-refractivity contribution is 0.634. The zero-order valence-corrected chi connectivity index (χ0v) is 11.2. The van der Waals surface area contributed by atoms with E-state index in [4.69, 9.17) is 4.42 Å². The number of anilines is 1. The predicted octanol–water partition coefficient (Wildman–Crippen LogP) is 2.68. The Morgan fingerprint density at radius 3 is 3.00 bits per heavy atom. The van der Waals surface area contributed by atoms with E-state index in [1.54, 1.807) is 12.5 Å². The number of nitrogens with one attached hydrogen (secondary N) is 1.